The number of nitrogens with zero attached hydrogens (tertiary/aromatic N) is 3. The number of hydrogen-bond acceptors (Lipinski definition) is 5. The van der Waals surface area contributed by atoms with Gasteiger partial charge in [-0.05, 0) is 24.1 Å². The molecule has 0 aromatic carbocycles. The van der Waals surface area contributed by atoms with Crippen molar-refractivity contribution in [2.24, 2.45) is 0 Å². The Kier molecular flexibility index (Phi) is 3.87. The fourth-order valence-corrected chi connectivity index (χ4v) is 3.34. The van der Waals surface area contributed by atoms with Crippen LogP contribution in [0.1, 0.15) is 28.3 Å². The predicted octanol–water partition coefficient (Wildman–Crippen LogP) is 2.15. The maximum absolute atomic E-state index is 14.6. The third-order valence-corrected chi connectivity index (χ3v) is 4.67. The lowest BCUT2D eigenvalue weighted by atomic mass is 10.0. The maximum Gasteiger partial charge on any atom is 0.341 e. The number of carbonyl (C=O) groups is 1. The zero-order valence-corrected chi connectivity index (χ0v) is 13.6. The van der Waals surface area contributed by atoms with Gasteiger partial charge >= 0.3 is 5.97 Å². The molecular formula is C18H15FN4O3. The molecule has 1 saturated heterocycles. The minimum atomic E-state index is -1.36. The first-order valence-corrected chi connectivity index (χ1v) is 8.14. The fourth-order valence-electron chi connectivity index (χ4n) is 3.34. The Hall–Kier alpha value is -3.29. The van der Waals surface area contributed by atoms with Crippen LogP contribution in [0.15, 0.2) is 41.6 Å². The molecule has 1 aliphatic heterocycles. The summed E-state index contributed by atoms with van der Waals surface area (Å²) >= 11 is 0. The average Bonchev–Trinajstić information content (AvgIpc) is 3.12. The fraction of sp³-hybridized carbons (Fsp3) is 0.222. The largest absolute Gasteiger partial charge is 0.477 e. The van der Waals surface area contributed by atoms with Crippen LogP contribution in [0.3, 0.4) is 0 Å². The highest BCUT2D eigenvalue weighted by Gasteiger charge is 2.27. The topological polar surface area (TPSA) is 99.2 Å². The Balaban J connectivity index is 1.70. The summed E-state index contributed by atoms with van der Waals surface area (Å²) in [5.41, 5.74) is 0.0695. The highest BCUT2D eigenvalue weighted by atomic mass is 19.1. The number of pyridine rings is 3. The molecule has 2 N–H and O–H groups in total. The van der Waals surface area contributed by atoms with Gasteiger partial charge in [0.15, 0.2) is 11.6 Å². The molecule has 0 aliphatic carbocycles. The molecule has 0 amide bonds. The predicted molar refractivity (Wildman–Crippen MR) is 93.1 cm³/mol. The molecule has 3 aromatic heterocycles. The van der Waals surface area contributed by atoms with Gasteiger partial charge in [-0.3, -0.25) is 9.78 Å². The highest BCUT2D eigenvalue weighted by molar-refractivity contribution is 5.91. The average molecular weight is 354 g/mol. The van der Waals surface area contributed by atoms with Gasteiger partial charge in [0.05, 0.1) is 5.39 Å². The van der Waals surface area contributed by atoms with E-state index in [0.29, 0.717) is 13.1 Å². The van der Waals surface area contributed by atoms with E-state index in [0.717, 1.165) is 24.2 Å². The van der Waals surface area contributed by atoms with E-state index < -0.39 is 22.8 Å². The SMILES string of the molecule is O=C(O)c1c[nH]c2nc(N3CCC(c4cccnc4)C3)c(F)cc2c1=O. The summed E-state index contributed by atoms with van der Waals surface area (Å²) in [5, 5.41) is 8.94. The molecule has 1 aliphatic rings. The van der Waals surface area contributed by atoms with Gasteiger partial charge in [-0.2, -0.15) is 0 Å². The van der Waals surface area contributed by atoms with Crippen LogP contribution in [0.25, 0.3) is 11.0 Å². The lowest BCUT2D eigenvalue weighted by molar-refractivity contribution is 0.0695. The molecule has 0 spiro atoms. The summed E-state index contributed by atoms with van der Waals surface area (Å²) < 4.78 is 14.6. The number of aromatic carboxylic acids is 1. The first kappa shape index (κ1) is 16.2. The summed E-state index contributed by atoms with van der Waals surface area (Å²) in [5.74, 6) is -1.62. The van der Waals surface area contributed by atoms with Crippen LogP contribution in [0, 0.1) is 5.82 Å². The number of H-pyrrole nitrogens is 1. The Bertz CT molecular complexity index is 1050. The molecule has 4 heterocycles. The van der Waals surface area contributed by atoms with Gasteiger partial charge in [-0.1, -0.05) is 6.07 Å². The number of halogens is 1. The van der Waals surface area contributed by atoms with Gasteiger partial charge in [-0.25, -0.2) is 14.2 Å². The lowest BCUT2D eigenvalue weighted by Gasteiger charge is -2.18. The van der Waals surface area contributed by atoms with Gasteiger partial charge in [0, 0.05) is 37.6 Å². The van der Waals surface area contributed by atoms with Crippen LogP contribution in [0.4, 0.5) is 10.2 Å². The normalized spacial score (nSPS) is 17.0. The van der Waals surface area contributed by atoms with Crippen molar-refractivity contribution in [2.45, 2.75) is 12.3 Å². The molecule has 1 fully saturated rings. The Morgan fingerprint density at radius 1 is 1.42 bits per heavy atom. The molecule has 1 unspecified atom stereocenters. The van der Waals surface area contributed by atoms with E-state index >= 15 is 0 Å². The van der Waals surface area contributed by atoms with Crippen molar-refractivity contribution < 1.29 is 14.3 Å². The summed E-state index contributed by atoms with van der Waals surface area (Å²) in [4.78, 5) is 36.1. The van der Waals surface area contributed by atoms with E-state index in [-0.39, 0.29) is 22.8 Å². The first-order valence-electron chi connectivity index (χ1n) is 8.14. The van der Waals surface area contributed by atoms with Crippen LogP contribution in [-0.2, 0) is 0 Å². The van der Waals surface area contributed by atoms with Gasteiger partial charge in [0.25, 0.3) is 0 Å². The molecule has 0 saturated carbocycles. The molecule has 3 aromatic rings. The minimum absolute atomic E-state index is 0.0749. The molecule has 1 atom stereocenters. The van der Waals surface area contributed by atoms with E-state index in [2.05, 4.69) is 15.0 Å². The number of aromatic nitrogens is 3. The van der Waals surface area contributed by atoms with E-state index in [4.69, 9.17) is 5.11 Å². The van der Waals surface area contributed by atoms with Crippen LogP contribution in [-0.4, -0.2) is 39.1 Å². The van der Waals surface area contributed by atoms with E-state index in [1.54, 1.807) is 6.20 Å². The number of nitrogens with one attached hydrogen (secondary N) is 1. The van der Waals surface area contributed by atoms with Crippen molar-refractivity contribution in [3.05, 3.63) is 64.0 Å². The van der Waals surface area contributed by atoms with Crippen LogP contribution in [0.2, 0.25) is 0 Å². The van der Waals surface area contributed by atoms with Gasteiger partial charge in [-0.15, -0.1) is 0 Å². The quantitative estimate of drug-likeness (QED) is 0.748. The number of fused-ring (bicyclic) bond motifs is 1. The zero-order chi connectivity index (χ0) is 18.3. The Morgan fingerprint density at radius 3 is 3.00 bits per heavy atom. The van der Waals surface area contributed by atoms with Gasteiger partial charge in [0.1, 0.15) is 11.2 Å². The smallest absolute Gasteiger partial charge is 0.341 e. The maximum atomic E-state index is 14.6. The van der Waals surface area contributed by atoms with E-state index in [1.165, 1.54) is 0 Å². The van der Waals surface area contributed by atoms with E-state index in [1.807, 2.05) is 23.2 Å². The number of aromatic amines is 1. The van der Waals surface area contributed by atoms with Gasteiger partial charge < -0.3 is 15.0 Å². The van der Waals surface area contributed by atoms with Crippen LogP contribution in [0.5, 0.6) is 0 Å². The summed E-state index contributed by atoms with van der Waals surface area (Å²) in [6.45, 7) is 1.23. The van der Waals surface area contributed by atoms with Crippen molar-refractivity contribution in [1.82, 2.24) is 15.0 Å². The first-order chi connectivity index (χ1) is 12.5. The highest BCUT2D eigenvalue weighted by Crippen LogP contribution is 2.31. The molecule has 0 radical (unpaired) electrons. The van der Waals surface area contributed by atoms with E-state index in [9.17, 15) is 14.0 Å². The van der Waals surface area contributed by atoms with Crippen molar-refractivity contribution in [1.29, 1.82) is 0 Å². The minimum Gasteiger partial charge on any atom is -0.477 e. The molecule has 7 nitrogen and oxygen atoms in total. The second-order valence-electron chi connectivity index (χ2n) is 6.24. The second kappa shape index (κ2) is 6.21. The molecular weight excluding hydrogens is 339 g/mol. The van der Waals surface area contributed by atoms with Crippen molar-refractivity contribution in [3.8, 4) is 0 Å². The molecule has 8 heteroatoms. The Labute approximate surface area is 147 Å². The lowest BCUT2D eigenvalue weighted by Crippen LogP contribution is -2.23. The standard InChI is InChI=1S/C18H15FN4O3/c19-14-6-12-15(24)13(18(25)26)8-21-16(12)22-17(14)23-5-3-11(9-23)10-2-1-4-20-7-10/h1-2,4,6-8,11H,3,5,9H2,(H,25,26)(H,21,22,24). The number of hydrogen-bond donors (Lipinski definition) is 2. The van der Waals surface area contributed by atoms with Gasteiger partial charge in [0.2, 0.25) is 5.43 Å². The van der Waals surface area contributed by atoms with Crippen LogP contribution < -0.4 is 10.3 Å². The molecule has 0 bridgehead atoms. The summed E-state index contributed by atoms with van der Waals surface area (Å²) in [7, 11) is 0. The number of carboxylic acids is 1. The molecule has 132 valence electrons. The number of carboxylic acid groups (broad SMARTS) is 1. The summed E-state index contributed by atoms with van der Waals surface area (Å²) in [6.07, 6.45) is 5.45. The van der Waals surface area contributed by atoms with Crippen molar-refractivity contribution in [2.75, 3.05) is 18.0 Å². The second-order valence-corrected chi connectivity index (χ2v) is 6.24. The van der Waals surface area contributed by atoms with Crippen molar-refractivity contribution in [3.63, 3.8) is 0 Å². The summed E-state index contributed by atoms with van der Waals surface area (Å²) in [6, 6.07) is 4.92. The third-order valence-electron chi connectivity index (χ3n) is 4.67. The van der Waals surface area contributed by atoms with Crippen LogP contribution >= 0.6 is 0 Å². The number of rotatable bonds is 3. The molecule has 26 heavy (non-hydrogen) atoms. The van der Waals surface area contributed by atoms with Crippen molar-refractivity contribution >= 4 is 22.8 Å². The molecule has 4 rings (SSSR count). The number of anilines is 1. The Morgan fingerprint density at radius 2 is 2.27 bits per heavy atom. The zero-order valence-electron chi connectivity index (χ0n) is 13.6. The third kappa shape index (κ3) is 2.69. The monoisotopic (exact) mass is 354 g/mol.